The molecule has 1 N–H and O–H groups in total. The number of nitrogens with zero attached hydrogens (tertiary/aromatic N) is 1. The lowest BCUT2D eigenvalue weighted by Crippen LogP contribution is -2.24. The van der Waals surface area contributed by atoms with Crippen LogP contribution in [0.3, 0.4) is 0 Å². The Morgan fingerprint density at radius 1 is 1.21 bits per heavy atom. The minimum atomic E-state index is 0.434. The molecule has 3 rings (SSSR count). The van der Waals surface area contributed by atoms with E-state index in [1.165, 1.54) is 35.6 Å². The zero-order valence-corrected chi connectivity index (χ0v) is 11.8. The topological polar surface area (TPSA) is 24.9 Å². The van der Waals surface area contributed by atoms with Gasteiger partial charge in [-0.1, -0.05) is 37.6 Å². The number of benzene rings is 1. The second-order valence-electron chi connectivity index (χ2n) is 5.89. The Hall–Kier alpha value is -1.41. The van der Waals surface area contributed by atoms with E-state index < -0.39 is 0 Å². The predicted molar refractivity (Wildman–Crippen MR) is 80.0 cm³/mol. The van der Waals surface area contributed by atoms with Gasteiger partial charge in [0.25, 0.3) is 0 Å². The van der Waals surface area contributed by atoms with Crippen LogP contribution in [0, 0.1) is 11.8 Å². The number of nitrogens with one attached hydrogen (secondary N) is 1. The van der Waals surface area contributed by atoms with Gasteiger partial charge in [0.1, 0.15) is 0 Å². The number of fused-ring (bicyclic) bond motifs is 1. The molecule has 1 fully saturated rings. The van der Waals surface area contributed by atoms with Gasteiger partial charge < -0.3 is 5.32 Å². The number of aromatic nitrogens is 1. The molecule has 0 radical (unpaired) electrons. The zero-order chi connectivity index (χ0) is 13.2. The molecular weight excluding hydrogens is 232 g/mol. The van der Waals surface area contributed by atoms with Gasteiger partial charge in [-0.05, 0) is 42.7 Å². The molecule has 19 heavy (non-hydrogen) atoms. The van der Waals surface area contributed by atoms with Crippen LogP contribution >= 0.6 is 0 Å². The molecule has 1 heterocycles. The lowest BCUT2D eigenvalue weighted by molar-refractivity contribution is 0.381. The minimum Gasteiger partial charge on any atom is -0.313 e. The van der Waals surface area contributed by atoms with Crippen LogP contribution in [0.2, 0.25) is 0 Å². The fraction of sp³-hybridized carbons (Fsp3) is 0.471. The van der Waals surface area contributed by atoms with Crippen molar-refractivity contribution in [2.24, 2.45) is 11.8 Å². The average Bonchev–Trinajstić information content (AvgIpc) is 2.86. The Balaban J connectivity index is 2.01. The maximum atomic E-state index is 4.43. The SMILES string of the molecule is CNC(c1cncc2ccccc12)C1CCC(C)C1. The van der Waals surface area contributed by atoms with Crippen LogP contribution in [0.25, 0.3) is 10.8 Å². The first-order chi connectivity index (χ1) is 9.29. The maximum absolute atomic E-state index is 4.43. The molecule has 2 heteroatoms. The molecule has 2 aromatic rings. The van der Waals surface area contributed by atoms with E-state index in [4.69, 9.17) is 0 Å². The largest absolute Gasteiger partial charge is 0.313 e. The summed E-state index contributed by atoms with van der Waals surface area (Å²) in [7, 11) is 2.08. The van der Waals surface area contributed by atoms with Crippen molar-refractivity contribution in [2.45, 2.75) is 32.2 Å². The van der Waals surface area contributed by atoms with Gasteiger partial charge in [0.2, 0.25) is 0 Å². The second-order valence-corrected chi connectivity index (χ2v) is 5.89. The first-order valence-corrected chi connectivity index (χ1v) is 7.29. The molecule has 0 saturated heterocycles. The van der Waals surface area contributed by atoms with Gasteiger partial charge in [-0.15, -0.1) is 0 Å². The Morgan fingerprint density at radius 3 is 2.79 bits per heavy atom. The molecule has 0 bridgehead atoms. The smallest absolute Gasteiger partial charge is 0.0367 e. The first kappa shape index (κ1) is 12.6. The van der Waals surface area contributed by atoms with Crippen molar-refractivity contribution in [3.8, 4) is 0 Å². The number of rotatable bonds is 3. The summed E-state index contributed by atoms with van der Waals surface area (Å²) >= 11 is 0. The van der Waals surface area contributed by atoms with E-state index in [0.717, 1.165) is 11.8 Å². The highest BCUT2D eigenvalue weighted by Crippen LogP contribution is 2.40. The van der Waals surface area contributed by atoms with Gasteiger partial charge in [0, 0.05) is 23.8 Å². The number of hydrogen-bond donors (Lipinski definition) is 1. The third-order valence-electron chi connectivity index (χ3n) is 4.55. The molecule has 2 nitrogen and oxygen atoms in total. The first-order valence-electron chi connectivity index (χ1n) is 7.29. The van der Waals surface area contributed by atoms with Crippen molar-refractivity contribution >= 4 is 10.8 Å². The van der Waals surface area contributed by atoms with Crippen LogP contribution in [0.15, 0.2) is 36.7 Å². The van der Waals surface area contributed by atoms with E-state index >= 15 is 0 Å². The quantitative estimate of drug-likeness (QED) is 0.897. The van der Waals surface area contributed by atoms with E-state index in [9.17, 15) is 0 Å². The summed E-state index contributed by atoms with van der Waals surface area (Å²) in [5.41, 5.74) is 1.36. The second kappa shape index (κ2) is 5.30. The standard InChI is InChI=1S/C17H22N2/c1-12-7-8-13(9-12)17(18-2)16-11-19-10-14-5-3-4-6-15(14)16/h3-6,10-13,17-18H,7-9H2,1-2H3. The molecule has 0 amide bonds. The average molecular weight is 254 g/mol. The summed E-state index contributed by atoms with van der Waals surface area (Å²) in [6, 6.07) is 9.00. The highest BCUT2D eigenvalue weighted by Gasteiger charge is 2.29. The fourth-order valence-electron chi connectivity index (χ4n) is 3.59. The maximum Gasteiger partial charge on any atom is 0.0367 e. The Morgan fingerprint density at radius 2 is 2.05 bits per heavy atom. The van der Waals surface area contributed by atoms with Gasteiger partial charge in [-0.25, -0.2) is 0 Å². The summed E-state index contributed by atoms with van der Waals surface area (Å²) in [4.78, 5) is 4.43. The lowest BCUT2D eigenvalue weighted by atomic mass is 9.89. The van der Waals surface area contributed by atoms with E-state index in [1.54, 1.807) is 0 Å². The molecule has 100 valence electrons. The molecule has 1 aliphatic carbocycles. The van der Waals surface area contributed by atoms with Crippen LogP contribution in [-0.2, 0) is 0 Å². The Labute approximate surface area is 115 Å². The molecule has 0 spiro atoms. The molecule has 1 aliphatic rings. The molecular formula is C17H22N2. The van der Waals surface area contributed by atoms with E-state index in [0.29, 0.717) is 6.04 Å². The molecule has 3 atom stereocenters. The van der Waals surface area contributed by atoms with Crippen LogP contribution in [0.5, 0.6) is 0 Å². The Kier molecular flexibility index (Phi) is 3.52. The number of pyridine rings is 1. The van der Waals surface area contributed by atoms with Gasteiger partial charge in [-0.3, -0.25) is 4.98 Å². The fourth-order valence-corrected chi connectivity index (χ4v) is 3.59. The molecule has 1 aromatic carbocycles. The normalized spacial score (nSPS) is 24.7. The van der Waals surface area contributed by atoms with Gasteiger partial charge in [-0.2, -0.15) is 0 Å². The van der Waals surface area contributed by atoms with Crippen molar-refractivity contribution in [3.63, 3.8) is 0 Å². The molecule has 1 saturated carbocycles. The summed E-state index contributed by atoms with van der Waals surface area (Å²) in [6.07, 6.45) is 8.03. The van der Waals surface area contributed by atoms with E-state index in [2.05, 4.69) is 48.5 Å². The lowest BCUT2D eigenvalue weighted by Gasteiger charge is -2.24. The van der Waals surface area contributed by atoms with Crippen molar-refractivity contribution < 1.29 is 0 Å². The van der Waals surface area contributed by atoms with Crippen LogP contribution < -0.4 is 5.32 Å². The monoisotopic (exact) mass is 254 g/mol. The van der Waals surface area contributed by atoms with Crippen molar-refractivity contribution in [1.82, 2.24) is 10.3 Å². The summed E-state index contributed by atoms with van der Waals surface area (Å²) in [5, 5.41) is 6.12. The summed E-state index contributed by atoms with van der Waals surface area (Å²) in [5.74, 6) is 1.61. The zero-order valence-electron chi connectivity index (χ0n) is 11.8. The van der Waals surface area contributed by atoms with Crippen molar-refractivity contribution in [3.05, 3.63) is 42.2 Å². The number of hydrogen-bond acceptors (Lipinski definition) is 2. The van der Waals surface area contributed by atoms with E-state index in [1.807, 2.05) is 12.4 Å². The van der Waals surface area contributed by atoms with Gasteiger partial charge >= 0.3 is 0 Å². The van der Waals surface area contributed by atoms with Crippen LogP contribution in [0.4, 0.5) is 0 Å². The van der Waals surface area contributed by atoms with Crippen molar-refractivity contribution in [1.29, 1.82) is 0 Å². The molecule has 0 aliphatic heterocycles. The van der Waals surface area contributed by atoms with Crippen LogP contribution in [0.1, 0.15) is 37.8 Å². The van der Waals surface area contributed by atoms with E-state index in [-0.39, 0.29) is 0 Å². The van der Waals surface area contributed by atoms with Gasteiger partial charge in [0.05, 0.1) is 0 Å². The predicted octanol–water partition coefficient (Wildman–Crippen LogP) is 3.93. The third-order valence-corrected chi connectivity index (χ3v) is 4.55. The summed E-state index contributed by atoms with van der Waals surface area (Å²) < 4.78 is 0. The molecule has 1 aromatic heterocycles. The summed E-state index contributed by atoms with van der Waals surface area (Å²) in [6.45, 7) is 2.37. The van der Waals surface area contributed by atoms with Crippen LogP contribution in [-0.4, -0.2) is 12.0 Å². The van der Waals surface area contributed by atoms with Crippen molar-refractivity contribution in [2.75, 3.05) is 7.05 Å². The molecule has 3 unspecified atom stereocenters. The minimum absolute atomic E-state index is 0.434. The highest BCUT2D eigenvalue weighted by atomic mass is 14.9. The Bertz CT molecular complexity index is 559. The van der Waals surface area contributed by atoms with Gasteiger partial charge in [0.15, 0.2) is 0 Å². The highest BCUT2D eigenvalue weighted by molar-refractivity contribution is 5.85. The third kappa shape index (κ3) is 2.37.